The van der Waals surface area contributed by atoms with Gasteiger partial charge in [-0.1, -0.05) is 47.4 Å². The van der Waals surface area contributed by atoms with Crippen LogP contribution in [0, 0.1) is 20.8 Å². The van der Waals surface area contributed by atoms with E-state index in [9.17, 15) is 0 Å². The molecular formula is C16H19B. The molecule has 0 saturated carbocycles. The lowest BCUT2D eigenvalue weighted by atomic mass is 9.88. The molecule has 0 saturated heterocycles. The lowest BCUT2D eigenvalue weighted by Crippen LogP contribution is -2.08. The highest BCUT2D eigenvalue weighted by atomic mass is 14.0. The average molecular weight is 222 g/mol. The second-order valence-electron chi connectivity index (χ2n) is 5.01. The molecule has 1 heteroatoms. The van der Waals surface area contributed by atoms with Gasteiger partial charge in [0.15, 0.2) is 0 Å². The van der Waals surface area contributed by atoms with Crippen LogP contribution in [0.3, 0.4) is 0 Å². The lowest BCUT2D eigenvalue weighted by molar-refractivity contribution is 1.17. The van der Waals surface area contributed by atoms with E-state index in [1.54, 1.807) is 0 Å². The Morgan fingerprint density at radius 3 is 1.94 bits per heavy atom. The van der Waals surface area contributed by atoms with Gasteiger partial charge in [-0.3, -0.25) is 0 Å². The number of aryl methyl sites for hydroxylation is 3. The molecule has 0 fully saturated rings. The monoisotopic (exact) mass is 222 g/mol. The molecule has 2 rings (SSSR count). The number of hydrogen-bond acceptors (Lipinski definition) is 0. The van der Waals surface area contributed by atoms with Crippen molar-refractivity contribution in [3.63, 3.8) is 0 Å². The maximum absolute atomic E-state index is 2.30. The third kappa shape index (κ3) is 2.79. The van der Waals surface area contributed by atoms with Crippen LogP contribution in [0.2, 0.25) is 0 Å². The van der Waals surface area contributed by atoms with Crippen LogP contribution in [0.15, 0.2) is 36.4 Å². The van der Waals surface area contributed by atoms with Crippen LogP contribution in [-0.2, 0) is 6.42 Å². The van der Waals surface area contributed by atoms with Crippen molar-refractivity contribution in [2.45, 2.75) is 27.2 Å². The van der Waals surface area contributed by atoms with Crippen molar-refractivity contribution in [1.82, 2.24) is 0 Å². The van der Waals surface area contributed by atoms with Crippen molar-refractivity contribution < 1.29 is 0 Å². The summed E-state index contributed by atoms with van der Waals surface area (Å²) < 4.78 is 0. The van der Waals surface area contributed by atoms with Crippen LogP contribution >= 0.6 is 0 Å². The van der Waals surface area contributed by atoms with E-state index < -0.39 is 0 Å². The van der Waals surface area contributed by atoms with Gasteiger partial charge in [-0.05, 0) is 49.4 Å². The van der Waals surface area contributed by atoms with E-state index in [1.165, 1.54) is 33.3 Å². The first-order chi connectivity index (χ1) is 8.06. The van der Waals surface area contributed by atoms with E-state index in [2.05, 4.69) is 65.0 Å². The molecule has 0 radical (unpaired) electrons. The van der Waals surface area contributed by atoms with Crippen LogP contribution in [0.25, 0.3) is 0 Å². The first-order valence-electron chi connectivity index (χ1n) is 6.18. The van der Waals surface area contributed by atoms with Crippen molar-refractivity contribution in [2.24, 2.45) is 0 Å². The Morgan fingerprint density at radius 2 is 1.35 bits per heavy atom. The van der Waals surface area contributed by atoms with E-state index in [4.69, 9.17) is 0 Å². The summed E-state index contributed by atoms with van der Waals surface area (Å²) >= 11 is 0. The Balaban J connectivity index is 2.25. The topological polar surface area (TPSA) is 0 Å². The summed E-state index contributed by atoms with van der Waals surface area (Å²) in [6, 6.07) is 13.5. The first kappa shape index (κ1) is 12.0. The highest BCUT2D eigenvalue weighted by Crippen LogP contribution is 2.14. The molecule has 0 aliphatic rings. The molecule has 86 valence electrons. The molecule has 0 aliphatic heterocycles. The fourth-order valence-electron chi connectivity index (χ4n) is 2.06. The predicted octanol–water partition coefficient (Wildman–Crippen LogP) is 2.46. The van der Waals surface area contributed by atoms with Crippen LogP contribution < -0.4 is 5.46 Å². The van der Waals surface area contributed by atoms with Crippen LogP contribution in [0.1, 0.15) is 27.8 Å². The normalized spacial score (nSPS) is 10.5. The van der Waals surface area contributed by atoms with E-state index in [1.807, 2.05) is 0 Å². The van der Waals surface area contributed by atoms with Gasteiger partial charge in [0.1, 0.15) is 7.85 Å². The molecule has 17 heavy (non-hydrogen) atoms. The molecule has 0 heterocycles. The molecule has 0 amide bonds. The second kappa shape index (κ2) is 4.79. The summed E-state index contributed by atoms with van der Waals surface area (Å²) in [4.78, 5) is 0. The molecule has 0 bridgehead atoms. The molecule has 0 aromatic heterocycles. The van der Waals surface area contributed by atoms with Gasteiger partial charge in [0.05, 0.1) is 0 Å². The molecule has 0 N–H and O–H groups in total. The zero-order chi connectivity index (χ0) is 12.4. The molecular weight excluding hydrogens is 203 g/mol. The average Bonchev–Trinajstić information content (AvgIpc) is 2.29. The molecule has 0 spiro atoms. The van der Waals surface area contributed by atoms with Crippen LogP contribution in [0.5, 0.6) is 0 Å². The van der Waals surface area contributed by atoms with Gasteiger partial charge in [-0.25, -0.2) is 0 Å². The fraction of sp³-hybridized carbons (Fsp3) is 0.250. The minimum Gasteiger partial charge on any atom is -0.0858 e. The highest BCUT2D eigenvalue weighted by Gasteiger charge is 2.00. The minimum atomic E-state index is 1.03. The summed E-state index contributed by atoms with van der Waals surface area (Å²) in [5.41, 5.74) is 8.30. The Morgan fingerprint density at radius 1 is 0.765 bits per heavy atom. The number of benzene rings is 2. The van der Waals surface area contributed by atoms with E-state index in [-0.39, 0.29) is 0 Å². The van der Waals surface area contributed by atoms with Crippen molar-refractivity contribution in [1.29, 1.82) is 0 Å². The predicted molar refractivity (Wildman–Crippen MR) is 78.1 cm³/mol. The van der Waals surface area contributed by atoms with Crippen LogP contribution in [0.4, 0.5) is 0 Å². The Kier molecular flexibility index (Phi) is 3.37. The van der Waals surface area contributed by atoms with E-state index in [0.717, 1.165) is 6.42 Å². The Hall–Kier alpha value is -1.50. The van der Waals surface area contributed by atoms with Gasteiger partial charge in [0.2, 0.25) is 0 Å². The third-order valence-corrected chi connectivity index (χ3v) is 3.55. The van der Waals surface area contributed by atoms with Gasteiger partial charge in [-0.2, -0.15) is 0 Å². The van der Waals surface area contributed by atoms with Crippen molar-refractivity contribution in [3.05, 3.63) is 64.2 Å². The first-order valence-corrected chi connectivity index (χ1v) is 6.18. The quantitative estimate of drug-likeness (QED) is 0.684. The molecule has 2 aromatic rings. The summed E-state index contributed by atoms with van der Waals surface area (Å²) in [6.07, 6.45) is 1.03. The number of rotatable bonds is 2. The van der Waals surface area contributed by atoms with Crippen molar-refractivity contribution in [2.75, 3.05) is 0 Å². The molecule has 0 atom stereocenters. The Labute approximate surface area is 105 Å². The Bertz CT molecular complexity index is 492. The SMILES string of the molecule is Bc1cc(Cc2ccc(C)c(C)c2)ccc1C. The van der Waals surface area contributed by atoms with E-state index in [0.29, 0.717) is 0 Å². The zero-order valence-corrected chi connectivity index (χ0v) is 11.2. The zero-order valence-electron chi connectivity index (χ0n) is 11.2. The van der Waals surface area contributed by atoms with Gasteiger partial charge < -0.3 is 0 Å². The van der Waals surface area contributed by atoms with Gasteiger partial charge in [0.25, 0.3) is 0 Å². The maximum Gasteiger partial charge on any atom is 0.139 e. The lowest BCUT2D eigenvalue weighted by Gasteiger charge is -2.07. The largest absolute Gasteiger partial charge is 0.139 e. The fourth-order valence-corrected chi connectivity index (χ4v) is 2.06. The number of hydrogen-bond donors (Lipinski definition) is 0. The third-order valence-electron chi connectivity index (χ3n) is 3.55. The van der Waals surface area contributed by atoms with Gasteiger partial charge in [0, 0.05) is 0 Å². The van der Waals surface area contributed by atoms with Gasteiger partial charge in [-0.15, -0.1) is 0 Å². The van der Waals surface area contributed by atoms with Crippen molar-refractivity contribution >= 4 is 13.3 Å². The van der Waals surface area contributed by atoms with Crippen molar-refractivity contribution in [3.8, 4) is 0 Å². The summed E-state index contributed by atoms with van der Waals surface area (Å²) in [5, 5.41) is 0. The van der Waals surface area contributed by atoms with Gasteiger partial charge >= 0.3 is 0 Å². The standard InChI is InChI=1S/C16H19B/c1-11-4-6-14(8-13(11)3)9-15-7-5-12(2)16(17)10-15/h4-8,10H,9,17H2,1-3H3. The van der Waals surface area contributed by atoms with Crippen LogP contribution in [-0.4, -0.2) is 7.85 Å². The maximum atomic E-state index is 2.30. The summed E-state index contributed by atoms with van der Waals surface area (Å²) in [5.74, 6) is 0. The van der Waals surface area contributed by atoms with E-state index >= 15 is 0 Å². The minimum absolute atomic E-state index is 1.03. The second-order valence-corrected chi connectivity index (χ2v) is 5.01. The molecule has 0 nitrogen and oxygen atoms in total. The molecule has 2 aromatic carbocycles. The smallest absolute Gasteiger partial charge is 0.0858 e. The summed E-state index contributed by atoms with van der Waals surface area (Å²) in [6.45, 7) is 6.50. The molecule has 0 unspecified atom stereocenters. The molecule has 0 aliphatic carbocycles. The highest BCUT2D eigenvalue weighted by molar-refractivity contribution is 6.33. The summed E-state index contributed by atoms with van der Waals surface area (Å²) in [7, 11) is 2.18.